The number of anilines is 2. The van der Waals surface area contributed by atoms with Crippen LogP contribution in [0.5, 0.6) is 0 Å². The Kier molecular flexibility index (Phi) is 5.15. The minimum atomic E-state index is -0.815. The number of aromatic nitrogens is 2. The van der Waals surface area contributed by atoms with Crippen LogP contribution in [0.2, 0.25) is 0 Å². The molecule has 0 aliphatic carbocycles. The standard InChI is InChI=1S/C16H12F2N4O.ClH/c17-10-5-9(6-11(18)7-10)15(23)21-13-4-2-1-3-12(13)14-8-20-16(19)22-14;/h1-8H,(H,21,23)(H3,19,20,22);1H. The van der Waals surface area contributed by atoms with E-state index in [1.807, 2.05) is 0 Å². The molecule has 0 saturated heterocycles. The van der Waals surface area contributed by atoms with Gasteiger partial charge in [0.2, 0.25) is 0 Å². The van der Waals surface area contributed by atoms with E-state index < -0.39 is 17.5 Å². The highest BCUT2D eigenvalue weighted by atomic mass is 35.5. The van der Waals surface area contributed by atoms with Crippen molar-refractivity contribution < 1.29 is 13.6 Å². The Balaban J connectivity index is 0.00000208. The van der Waals surface area contributed by atoms with Gasteiger partial charge in [-0.25, -0.2) is 13.8 Å². The summed E-state index contributed by atoms with van der Waals surface area (Å²) in [5, 5.41) is 2.63. The fourth-order valence-electron chi connectivity index (χ4n) is 2.18. The summed E-state index contributed by atoms with van der Waals surface area (Å²) in [4.78, 5) is 19.0. The summed E-state index contributed by atoms with van der Waals surface area (Å²) in [5.74, 6) is -2.01. The first-order chi connectivity index (χ1) is 11.0. The smallest absolute Gasteiger partial charge is 0.255 e. The van der Waals surface area contributed by atoms with E-state index >= 15 is 0 Å². The van der Waals surface area contributed by atoms with Crippen LogP contribution in [0.4, 0.5) is 20.4 Å². The summed E-state index contributed by atoms with van der Waals surface area (Å²) in [7, 11) is 0. The minimum absolute atomic E-state index is 0. The van der Waals surface area contributed by atoms with Crippen molar-refractivity contribution in [1.29, 1.82) is 0 Å². The fraction of sp³-hybridized carbons (Fsp3) is 0. The molecule has 4 N–H and O–H groups in total. The zero-order valence-electron chi connectivity index (χ0n) is 12.2. The van der Waals surface area contributed by atoms with Crippen molar-refractivity contribution in [2.24, 2.45) is 0 Å². The molecule has 0 aliphatic rings. The van der Waals surface area contributed by atoms with Gasteiger partial charge in [0.15, 0.2) is 5.95 Å². The van der Waals surface area contributed by atoms with Crippen LogP contribution in [0.25, 0.3) is 11.3 Å². The summed E-state index contributed by atoms with van der Waals surface area (Å²) in [6, 6.07) is 9.58. The number of carbonyl (C=O) groups excluding carboxylic acids is 1. The molecule has 1 heterocycles. The van der Waals surface area contributed by atoms with Crippen molar-refractivity contribution in [1.82, 2.24) is 9.97 Å². The van der Waals surface area contributed by atoms with Gasteiger partial charge in [-0.15, -0.1) is 12.4 Å². The second kappa shape index (κ2) is 7.10. The number of benzene rings is 2. The topological polar surface area (TPSA) is 83.8 Å². The number of nitrogens with zero attached hydrogens (tertiary/aromatic N) is 1. The largest absolute Gasteiger partial charge is 0.369 e. The highest BCUT2D eigenvalue weighted by molar-refractivity contribution is 6.06. The Morgan fingerprint density at radius 2 is 1.79 bits per heavy atom. The van der Waals surface area contributed by atoms with E-state index in [0.29, 0.717) is 23.0 Å². The third-order valence-electron chi connectivity index (χ3n) is 3.19. The lowest BCUT2D eigenvalue weighted by molar-refractivity contribution is 0.102. The van der Waals surface area contributed by atoms with Gasteiger partial charge in [0.05, 0.1) is 17.6 Å². The van der Waals surface area contributed by atoms with E-state index in [9.17, 15) is 13.6 Å². The highest BCUT2D eigenvalue weighted by Gasteiger charge is 2.13. The normalized spacial score (nSPS) is 10.1. The van der Waals surface area contributed by atoms with Crippen molar-refractivity contribution in [2.75, 3.05) is 11.1 Å². The Hall–Kier alpha value is -2.93. The molecule has 3 aromatic rings. The molecule has 0 bridgehead atoms. The van der Waals surface area contributed by atoms with Gasteiger partial charge < -0.3 is 16.0 Å². The third-order valence-corrected chi connectivity index (χ3v) is 3.19. The lowest BCUT2D eigenvalue weighted by Crippen LogP contribution is -2.13. The molecule has 0 spiro atoms. The van der Waals surface area contributed by atoms with Crippen molar-refractivity contribution in [3.8, 4) is 11.3 Å². The number of hydrogen-bond acceptors (Lipinski definition) is 3. The van der Waals surface area contributed by atoms with Gasteiger partial charge in [-0.05, 0) is 18.2 Å². The van der Waals surface area contributed by atoms with Gasteiger partial charge in [-0.3, -0.25) is 4.79 Å². The highest BCUT2D eigenvalue weighted by Crippen LogP contribution is 2.27. The number of nitrogen functional groups attached to an aromatic ring is 1. The van der Waals surface area contributed by atoms with Crippen molar-refractivity contribution in [3.63, 3.8) is 0 Å². The first-order valence-electron chi connectivity index (χ1n) is 6.70. The van der Waals surface area contributed by atoms with Crippen LogP contribution < -0.4 is 11.1 Å². The van der Waals surface area contributed by atoms with Crippen molar-refractivity contribution >= 4 is 29.9 Å². The zero-order valence-corrected chi connectivity index (χ0v) is 13.0. The second-order valence-electron chi connectivity index (χ2n) is 4.84. The number of nitrogens with two attached hydrogens (primary N) is 1. The number of H-pyrrole nitrogens is 1. The molecule has 0 radical (unpaired) electrons. The summed E-state index contributed by atoms with van der Waals surface area (Å²) in [6.07, 6.45) is 1.53. The average Bonchev–Trinajstić information content (AvgIpc) is 2.93. The SMILES string of the molecule is Cl.Nc1ncc(-c2ccccc2NC(=O)c2cc(F)cc(F)c2)[nH]1. The van der Waals surface area contributed by atoms with Crippen LogP contribution in [0, 0.1) is 11.6 Å². The quantitative estimate of drug-likeness (QED) is 0.674. The minimum Gasteiger partial charge on any atom is -0.369 e. The van der Waals surface area contributed by atoms with E-state index in [2.05, 4.69) is 15.3 Å². The molecule has 1 aromatic heterocycles. The van der Waals surface area contributed by atoms with Gasteiger partial charge in [0.1, 0.15) is 11.6 Å². The van der Waals surface area contributed by atoms with Crippen LogP contribution in [-0.4, -0.2) is 15.9 Å². The number of carbonyl (C=O) groups is 1. The van der Waals surface area contributed by atoms with Gasteiger partial charge in [-0.1, -0.05) is 18.2 Å². The molecule has 0 saturated carbocycles. The molecular weight excluding hydrogens is 338 g/mol. The maximum atomic E-state index is 13.2. The number of para-hydroxylation sites is 1. The van der Waals surface area contributed by atoms with E-state index in [4.69, 9.17) is 5.73 Å². The van der Waals surface area contributed by atoms with E-state index in [1.54, 1.807) is 24.3 Å². The first-order valence-corrected chi connectivity index (χ1v) is 6.70. The fourth-order valence-corrected chi connectivity index (χ4v) is 2.18. The second-order valence-corrected chi connectivity index (χ2v) is 4.84. The Morgan fingerprint density at radius 1 is 1.12 bits per heavy atom. The lowest BCUT2D eigenvalue weighted by atomic mass is 10.1. The summed E-state index contributed by atoms with van der Waals surface area (Å²) < 4.78 is 26.5. The summed E-state index contributed by atoms with van der Waals surface area (Å²) in [5.41, 5.74) is 7.18. The van der Waals surface area contributed by atoms with Crippen LogP contribution in [0.3, 0.4) is 0 Å². The average molecular weight is 351 g/mol. The Bertz CT molecular complexity index is 862. The van der Waals surface area contributed by atoms with E-state index in [1.165, 1.54) is 6.20 Å². The van der Waals surface area contributed by atoms with Crippen LogP contribution in [-0.2, 0) is 0 Å². The molecule has 2 aromatic carbocycles. The van der Waals surface area contributed by atoms with Crippen molar-refractivity contribution in [3.05, 3.63) is 65.9 Å². The van der Waals surface area contributed by atoms with E-state index in [0.717, 1.165) is 12.1 Å². The van der Waals surface area contributed by atoms with E-state index in [-0.39, 0.29) is 23.9 Å². The number of imidazole rings is 1. The molecule has 8 heteroatoms. The molecule has 3 rings (SSSR count). The molecule has 124 valence electrons. The molecule has 0 unspecified atom stereocenters. The zero-order chi connectivity index (χ0) is 16.4. The molecule has 1 amide bonds. The molecule has 5 nitrogen and oxygen atoms in total. The molecule has 0 atom stereocenters. The number of aromatic amines is 1. The van der Waals surface area contributed by atoms with Gasteiger partial charge in [-0.2, -0.15) is 0 Å². The molecule has 0 fully saturated rings. The Labute approximate surface area is 142 Å². The third kappa shape index (κ3) is 3.69. The molecule has 24 heavy (non-hydrogen) atoms. The monoisotopic (exact) mass is 350 g/mol. The first kappa shape index (κ1) is 17.4. The van der Waals surface area contributed by atoms with Gasteiger partial charge in [0.25, 0.3) is 5.91 Å². The number of halogens is 3. The number of amides is 1. The van der Waals surface area contributed by atoms with Gasteiger partial charge in [0, 0.05) is 17.2 Å². The maximum Gasteiger partial charge on any atom is 0.255 e. The van der Waals surface area contributed by atoms with Crippen LogP contribution in [0.15, 0.2) is 48.7 Å². The number of hydrogen-bond donors (Lipinski definition) is 3. The number of nitrogens with one attached hydrogen (secondary N) is 2. The summed E-state index contributed by atoms with van der Waals surface area (Å²) >= 11 is 0. The molecular formula is C16H13ClF2N4O. The predicted molar refractivity (Wildman–Crippen MR) is 90.0 cm³/mol. The predicted octanol–water partition coefficient (Wildman–Crippen LogP) is 3.61. The van der Waals surface area contributed by atoms with Gasteiger partial charge >= 0.3 is 0 Å². The van der Waals surface area contributed by atoms with Crippen LogP contribution in [0.1, 0.15) is 10.4 Å². The number of rotatable bonds is 3. The summed E-state index contributed by atoms with van der Waals surface area (Å²) in [6.45, 7) is 0. The van der Waals surface area contributed by atoms with Crippen LogP contribution >= 0.6 is 12.4 Å². The molecule has 0 aliphatic heterocycles. The Morgan fingerprint density at radius 3 is 2.42 bits per heavy atom. The maximum absolute atomic E-state index is 13.2. The lowest BCUT2D eigenvalue weighted by Gasteiger charge is -2.10. The van der Waals surface area contributed by atoms with Crippen molar-refractivity contribution in [2.45, 2.75) is 0 Å².